The molecular weight excluding hydrogens is 418 g/mol. The van der Waals surface area contributed by atoms with E-state index in [9.17, 15) is 15.0 Å². The van der Waals surface area contributed by atoms with Gasteiger partial charge < -0.3 is 24.7 Å². The second-order valence-corrected chi connectivity index (χ2v) is 11.5. The summed E-state index contributed by atoms with van der Waals surface area (Å²) in [7, 11) is 0. The van der Waals surface area contributed by atoms with Crippen LogP contribution in [0.5, 0.6) is 0 Å². The summed E-state index contributed by atoms with van der Waals surface area (Å²) < 4.78 is 11.6. The molecule has 0 amide bonds. The number of para-hydroxylation sites is 1. The average Bonchev–Trinajstić information content (AvgIpc) is 3.18. The van der Waals surface area contributed by atoms with E-state index < -0.39 is 35.0 Å². The normalized spacial score (nSPS) is 40.2. The van der Waals surface area contributed by atoms with E-state index in [1.807, 2.05) is 0 Å². The van der Waals surface area contributed by atoms with Crippen molar-refractivity contribution in [1.82, 2.24) is 4.98 Å². The number of aliphatic hydroxyl groups is 2. The average molecular weight is 452 g/mol. The lowest BCUT2D eigenvalue weighted by atomic mass is 9.42. The fraction of sp³-hybridized carbons (Fsp3) is 0.593. The van der Waals surface area contributed by atoms with Crippen molar-refractivity contribution in [2.24, 2.45) is 11.3 Å². The minimum absolute atomic E-state index is 0.272. The van der Waals surface area contributed by atoms with Crippen molar-refractivity contribution in [3.05, 3.63) is 47.2 Å². The van der Waals surface area contributed by atoms with E-state index in [0.29, 0.717) is 24.3 Å². The molecule has 6 nitrogen and oxygen atoms in total. The first-order chi connectivity index (χ1) is 15.5. The number of ether oxygens (including phenoxy) is 2. The van der Waals surface area contributed by atoms with Gasteiger partial charge in [0.25, 0.3) is 0 Å². The van der Waals surface area contributed by atoms with E-state index in [-0.39, 0.29) is 5.41 Å². The lowest BCUT2D eigenvalue weighted by Crippen LogP contribution is -2.67. The molecule has 0 spiro atoms. The summed E-state index contributed by atoms with van der Waals surface area (Å²) in [6, 6.07) is 8.44. The van der Waals surface area contributed by atoms with Crippen LogP contribution in [-0.2, 0) is 26.1 Å². The SMILES string of the molecule is CC(C)(O)[C@@H]1OC(=O)C=C2[C@H](CC[C@@]3(C)[C@@]2(O)CC[C@H]2Cc4c([nH]c5ccccc45)[C@@]23C)O1. The van der Waals surface area contributed by atoms with Crippen LogP contribution in [0, 0.1) is 11.3 Å². The lowest BCUT2D eigenvalue weighted by molar-refractivity contribution is -0.243. The largest absolute Gasteiger partial charge is 0.429 e. The molecule has 2 aromatic rings. The van der Waals surface area contributed by atoms with E-state index in [1.54, 1.807) is 13.8 Å². The Bertz CT molecular complexity index is 1190. The monoisotopic (exact) mass is 451 g/mol. The third kappa shape index (κ3) is 2.57. The van der Waals surface area contributed by atoms with Crippen molar-refractivity contribution in [2.45, 2.75) is 88.8 Å². The smallest absolute Gasteiger partial charge is 0.333 e. The predicted octanol–water partition coefficient (Wildman–Crippen LogP) is 3.89. The summed E-state index contributed by atoms with van der Waals surface area (Å²) in [5.41, 5.74) is 1.06. The van der Waals surface area contributed by atoms with Gasteiger partial charge in [-0.05, 0) is 69.1 Å². The van der Waals surface area contributed by atoms with Crippen LogP contribution in [0.4, 0.5) is 0 Å². The van der Waals surface area contributed by atoms with E-state index in [0.717, 1.165) is 24.8 Å². The Kier molecular flexibility index (Phi) is 4.21. The maximum absolute atomic E-state index is 12.7. The molecule has 0 bridgehead atoms. The Balaban J connectivity index is 1.48. The number of hydrogen-bond donors (Lipinski definition) is 3. The number of aromatic nitrogens is 1. The molecule has 1 aromatic heterocycles. The van der Waals surface area contributed by atoms with Crippen molar-refractivity contribution in [2.75, 3.05) is 0 Å². The lowest BCUT2D eigenvalue weighted by Gasteiger charge is -2.64. The highest BCUT2D eigenvalue weighted by Crippen LogP contribution is 2.69. The summed E-state index contributed by atoms with van der Waals surface area (Å²) in [5, 5.41) is 24.2. The topological polar surface area (TPSA) is 91.8 Å². The summed E-state index contributed by atoms with van der Waals surface area (Å²) in [4.78, 5) is 16.5. The number of rotatable bonds is 1. The van der Waals surface area contributed by atoms with E-state index in [1.165, 1.54) is 22.7 Å². The summed E-state index contributed by atoms with van der Waals surface area (Å²) in [6.07, 6.45) is 3.77. The Labute approximate surface area is 194 Å². The molecule has 1 aromatic carbocycles. The van der Waals surface area contributed by atoms with E-state index in [4.69, 9.17) is 9.47 Å². The molecule has 0 radical (unpaired) electrons. The number of H-pyrrole nitrogens is 1. The molecule has 6 rings (SSSR count). The Morgan fingerprint density at radius 2 is 1.91 bits per heavy atom. The van der Waals surface area contributed by atoms with Gasteiger partial charge in [0.1, 0.15) is 5.60 Å². The minimum Gasteiger partial charge on any atom is -0.429 e. The minimum atomic E-state index is -1.34. The molecule has 4 aliphatic rings. The number of cyclic esters (lactones) is 1. The van der Waals surface area contributed by atoms with Gasteiger partial charge >= 0.3 is 5.97 Å². The molecule has 2 heterocycles. The molecule has 3 N–H and O–H groups in total. The van der Waals surface area contributed by atoms with Crippen molar-refractivity contribution in [3.8, 4) is 0 Å². The first-order valence-electron chi connectivity index (χ1n) is 12.1. The molecule has 2 saturated carbocycles. The van der Waals surface area contributed by atoms with Gasteiger partial charge in [0.2, 0.25) is 6.29 Å². The Morgan fingerprint density at radius 3 is 2.67 bits per heavy atom. The van der Waals surface area contributed by atoms with Gasteiger partial charge in [0.05, 0.1) is 11.7 Å². The van der Waals surface area contributed by atoms with Crippen LogP contribution in [0.3, 0.4) is 0 Å². The van der Waals surface area contributed by atoms with Gasteiger partial charge in [-0.2, -0.15) is 0 Å². The zero-order valence-corrected chi connectivity index (χ0v) is 19.8. The van der Waals surface area contributed by atoms with Crippen LogP contribution in [0.15, 0.2) is 35.9 Å². The van der Waals surface area contributed by atoms with Crippen molar-refractivity contribution in [1.29, 1.82) is 0 Å². The summed E-state index contributed by atoms with van der Waals surface area (Å²) in [5.74, 6) is -0.143. The molecule has 0 saturated heterocycles. The van der Waals surface area contributed by atoms with Crippen LogP contribution in [0.2, 0.25) is 0 Å². The number of benzene rings is 1. The molecule has 6 heteroatoms. The van der Waals surface area contributed by atoms with Gasteiger partial charge in [-0.25, -0.2) is 4.79 Å². The maximum atomic E-state index is 12.7. The van der Waals surface area contributed by atoms with Gasteiger partial charge in [-0.3, -0.25) is 0 Å². The zero-order chi connectivity index (χ0) is 23.4. The first kappa shape index (κ1) is 21.4. The zero-order valence-electron chi connectivity index (χ0n) is 19.8. The highest BCUT2D eigenvalue weighted by molar-refractivity contribution is 5.86. The standard InChI is InChI=1S/C27H33NO5/c1-24(2,30)23-32-20-10-11-25(3)26(4)15(9-12-27(25,31)18(20)14-21(29)33-23)13-17-16-7-5-6-8-19(16)28-22(17)26/h5-8,14-15,20,23,28,30-31H,9-13H2,1-4H3/t15-,20-,23-,25+,26+,27+/m0/s1. The molecule has 33 heavy (non-hydrogen) atoms. The van der Waals surface area contributed by atoms with Crippen molar-refractivity contribution < 1.29 is 24.5 Å². The summed E-state index contributed by atoms with van der Waals surface area (Å²) >= 11 is 0. The van der Waals surface area contributed by atoms with Gasteiger partial charge in [0.15, 0.2) is 0 Å². The highest BCUT2D eigenvalue weighted by Gasteiger charge is 2.69. The van der Waals surface area contributed by atoms with Crippen LogP contribution < -0.4 is 0 Å². The molecule has 2 fully saturated rings. The Hall–Kier alpha value is -2.15. The fourth-order valence-electron chi connectivity index (χ4n) is 7.59. The maximum Gasteiger partial charge on any atom is 0.333 e. The molecule has 3 aliphatic carbocycles. The van der Waals surface area contributed by atoms with Gasteiger partial charge in [-0.1, -0.05) is 32.0 Å². The quantitative estimate of drug-likeness (QED) is 0.572. The number of carbonyl (C=O) groups excluding carboxylic acids is 1. The molecule has 0 unspecified atom stereocenters. The van der Waals surface area contributed by atoms with E-state index in [2.05, 4.69) is 43.1 Å². The number of nitrogens with one attached hydrogen (secondary N) is 1. The van der Waals surface area contributed by atoms with Crippen LogP contribution in [-0.4, -0.2) is 44.8 Å². The van der Waals surface area contributed by atoms with Gasteiger partial charge in [0, 0.05) is 33.5 Å². The second-order valence-electron chi connectivity index (χ2n) is 11.5. The first-order valence-corrected chi connectivity index (χ1v) is 12.1. The third-order valence-corrected chi connectivity index (χ3v) is 9.61. The number of aromatic amines is 1. The Morgan fingerprint density at radius 1 is 1.15 bits per heavy atom. The van der Waals surface area contributed by atoms with Crippen LogP contribution >= 0.6 is 0 Å². The molecule has 1 aliphatic heterocycles. The number of esters is 1. The number of fused-ring (bicyclic) bond motifs is 9. The summed E-state index contributed by atoms with van der Waals surface area (Å²) in [6.45, 7) is 7.64. The highest BCUT2D eigenvalue weighted by atomic mass is 16.7. The van der Waals surface area contributed by atoms with Crippen LogP contribution in [0.1, 0.15) is 64.6 Å². The number of hydrogen-bond acceptors (Lipinski definition) is 5. The molecule has 176 valence electrons. The third-order valence-electron chi connectivity index (χ3n) is 9.61. The van der Waals surface area contributed by atoms with Crippen LogP contribution in [0.25, 0.3) is 10.9 Å². The van der Waals surface area contributed by atoms with Crippen molar-refractivity contribution in [3.63, 3.8) is 0 Å². The second kappa shape index (κ2) is 6.49. The molecular formula is C27H33NO5. The van der Waals surface area contributed by atoms with Gasteiger partial charge in [-0.15, -0.1) is 0 Å². The number of carbonyl (C=O) groups is 1. The molecule has 6 atom stereocenters. The predicted molar refractivity (Wildman–Crippen MR) is 124 cm³/mol. The fourth-order valence-corrected chi connectivity index (χ4v) is 7.59. The van der Waals surface area contributed by atoms with E-state index >= 15 is 0 Å². The van der Waals surface area contributed by atoms with Crippen molar-refractivity contribution >= 4 is 16.9 Å².